The van der Waals surface area contributed by atoms with Gasteiger partial charge in [0.05, 0.1) is 18.7 Å². The Morgan fingerprint density at radius 3 is 2.71 bits per heavy atom. The molecule has 0 spiro atoms. The van der Waals surface area contributed by atoms with Crippen LogP contribution < -0.4 is 15.8 Å². The number of nitrogens with one attached hydrogen (secondary N) is 1. The van der Waals surface area contributed by atoms with Crippen LogP contribution in [0.1, 0.15) is 0 Å². The maximum absolute atomic E-state index is 13.8. The lowest BCUT2D eigenvalue weighted by atomic mass is 9.90. The fourth-order valence-electron chi connectivity index (χ4n) is 3.15. The minimum absolute atomic E-state index is 0.0107. The molecule has 1 aromatic rings. The monoisotopic (exact) mass is 402 g/mol. The Hall–Kier alpha value is -2.78. The van der Waals surface area contributed by atoms with Gasteiger partial charge in [0.2, 0.25) is 5.91 Å². The summed E-state index contributed by atoms with van der Waals surface area (Å²) in [5, 5.41) is 2.95. The van der Waals surface area contributed by atoms with E-state index in [1.54, 1.807) is 13.1 Å². The van der Waals surface area contributed by atoms with Gasteiger partial charge in [-0.05, 0) is 18.2 Å². The largest absolute Gasteiger partial charge is 0.492 e. The van der Waals surface area contributed by atoms with E-state index in [4.69, 9.17) is 10.5 Å². The first-order chi connectivity index (χ1) is 13.1. The van der Waals surface area contributed by atoms with E-state index in [0.717, 1.165) is 6.08 Å². The van der Waals surface area contributed by atoms with E-state index in [9.17, 15) is 22.4 Å². The molecule has 0 bridgehead atoms. The smallest absolute Gasteiger partial charge is 0.430 e. The summed E-state index contributed by atoms with van der Waals surface area (Å²) in [6.45, 7) is 0.256. The summed E-state index contributed by atoms with van der Waals surface area (Å²) in [4.78, 5) is 17.8. The third kappa shape index (κ3) is 4.55. The van der Waals surface area contributed by atoms with Crippen molar-refractivity contribution in [2.75, 3.05) is 39.6 Å². The highest BCUT2D eigenvalue weighted by molar-refractivity contribution is 6.02. The number of ether oxygens (including phenoxy) is 1. The second-order valence-electron chi connectivity index (χ2n) is 6.38. The summed E-state index contributed by atoms with van der Waals surface area (Å²) in [6.07, 6.45) is -3.93. The molecule has 6 nitrogen and oxygen atoms in total. The molecule has 3 N–H and O–H groups in total. The molecule has 0 radical (unpaired) electrons. The van der Waals surface area contributed by atoms with Gasteiger partial charge in [-0.3, -0.25) is 9.79 Å². The number of hydrogen-bond donors (Lipinski definition) is 2. The van der Waals surface area contributed by atoms with Crippen LogP contribution in [0.25, 0.3) is 0 Å². The number of nitrogens with two attached hydrogens (primary N) is 1. The number of carbonyl (C=O) groups excluding carboxylic acids is 1. The van der Waals surface area contributed by atoms with E-state index in [0.29, 0.717) is 5.69 Å². The van der Waals surface area contributed by atoms with Gasteiger partial charge in [0, 0.05) is 38.8 Å². The van der Waals surface area contributed by atoms with Gasteiger partial charge in [-0.1, -0.05) is 6.07 Å². The number of para-hydroxylation sites is 1. The SMILES string of the molecule is CN=C(/C=C(\N)C(F)(F)F)[C@H]1CN(C)C(=O)[C@@H]1CNc1cccc(F)c1OC. The number of carbonyl (C=O) groups is 1. The molecule has 1 aliphatic heterocycles. The molecule has 1 amide bonds. The van der Waals surface area contributed by atoms with Crippen molar-refractivity contribution >= 4 is 17.3 Å². The molecule has 28 heavy (non-hydrogen) atoms. The van der Waals surface area contributed by atoms with Crippen LogP contribution in [0.5, 0.6) is 5.75 Å². The van der Waals surface area contributed by atoms with Gasteiger partial charge in [0.1, 0.15) is 5.70 Å². The van der Waals surface area contributed by atoms with Crippen molar-refractivity contribution in [1.82, 2.24) is 4.90 Å². The predicted octanol–water partition coefficient (Wildman–Crippen LogP) is 2.43. The molecule has 1 heterocycles. The number of aliphatic imine (C=N–C) groups is 1. The molecule has 0 saturated carbocycles. The number of nitrogens with zero attached hydrogens (tertiary/aromatic N) is 2. The highest BCUT2D eigenvalue weighted by atomic mass is 19.4. The number of alkyl halides is 3. The lowest BCUT2D eigenvalue weighted by Gasteiger charge is -2.20. The van der Waals surface area contributed by atoms with Crippen LogP contribution in [0.2, 0.25) is 0 Å². The molecular formula is C18H22F4N4O2. The van der Waals surface area contributed by atoms with E-state index >= 15 is 0 Å². The first-order valence-corrected chi connectivity index (χ1v) is 8.42. The zero-order valence-electron chi connectivity index (χ0n) is 15.7. The Morgan fingerprint density at radius 1 is 1.46 bits per heavy atom. The molecule has 2 rings (SSSR count). The van der Waals surface area contributed by atoms with Crippen molar-refractivity contribution in [1.29, 1.82) is 0 Å². The number of amides is 1. The van der Waals surface area contributed by atoms with Crippen molar-refractivity contribution < 1.29 is 27.1 Å². The van der Waals surface area contributed by atoms with Crippen LogP contribution in [0.15, 0.2) is 35.0 Å². The minimum atomic E-state index is -4.69. The minimum Gasteiger partial charge on any atom is -0.492 e. The Labute approximate surface area is 160 Å². The first kappa shape index (κ1) is 21.5. The van der Waals surface area contributed by atoms with Crippen molar-refractivity contribution in [2.45, 2.75) is 6.18 Å². The molecule has 0 unspecified atom stereocenters. The molecule has 0 aromatic heterocycles. The number of methoxy groups -OCH3 is 1. The molecule has 1 fully saturated rings. The average molecular weight is 402 g/mol. The van der Waals surface area contributed by atoms with Crippen LogP contribution >= 0.6 is 0 Å². The summed E-state index contributed by atoms with van der Waals surface area (Å²) in [7, 11) is 4.22. The summed E-state index contributed by atoms with van der Waals surface area (Å²) < 4.78 is 57.2. The fraction of sp³-hybridized carbons (Fsp3) is 0.444. The van der Waals surface area contributed by atoms with Crippen molar-refractivity contribution in [3.63, 3.8) is 0 Å². The summed E-state index contributed by atoms with van der Waals surface area (Å²) >= 11 is 0. The van der Waals surface area contributed by atoms with Gasteiger partial charge >= 0.3 is 6.18 Å². The van der Waals surface area contributed by atoms with Crippen LogP contribution in [-0.4, -0.2) is 57.0 Å². The highest BCUT2D eigenvalue weighted by Gasteiger charge is 2.41. The number of benzene rings is 1. The molecule has 1 saturated heterocycles. The van der Waals surface area contributed by atoms with Gasteiger partial charge in [-0.15, -0.1) is 0 Å². The highest BCUT2D eigenvalue weighted by Crippen LogP contribution is 2.31. The number of likely N-dealkylation sites (tertiary alicyclic amines) is 1. The Kier molecular flexibility index (Phi) is 6.52. The molecular weight excluding hydrogens is 380 g/mol. The van der Waals surface area contributed by atoms with Gasteiger partial charge in [0.15, 0.2) is 11.6 Å². The number of halogens is 4. The summed E-state index contributed by atoms with van der Waals surface area (Å²) in [5.74, 6) is -2.14. The number of anilines is 1. The molecule has 1 aliphatic rings. The third-order valence-electron chi connectivity index (χ3n) is 4.60. The predicted molar refractivity (Wildman–Crippen MR) is 97.7 cm³/mol. The quantitative estimate of drug-likeness (QED) is 0.566. The van der Waals surface area contributed by atoms with E-state index in [2.05, 4.69) is 10.3 Å². The summed E-state index contributed by atoms with van der Waals surface area (Å²) in [5.41, 5.74) is 4.24. The fourth-order valence-corrected chi connectivity index (χ4v) is 3.15. The Balaban J connectivity index is 2.26. The van der Waals surface area contributed by atoms with Crippen LogP contribution in [0, 0.1) is 17.7 Å². The zero-order valence-corrected chi connectivity index (χ0v) is 15.7. The van der Waals surface area contributed by atoms with Crippen LogP contribution in [-0.2, 0) is 4.79 Å². The van der Waals surface area contributed by atoms with E-state index < -0.39 is 29.5 Å². The van der Waals surface area contributed by atoms with Gasteiger partial charge in [-0.25, -0.2) is 4.39 Å². The number of allylic oxidation sites excluding steroid dienone is 2. The number of hydrogen-bond acceptors (Lipinski definition) is 5. The normalized spacial score (nSPS) is 21.2. The lowest BCUT2D eigenvalue weighted by Crippen LogP contribution is -2.31. The second kappa shape index (κ2) is 8.49. The van der Waals surface area contributed by atoms with Gasteiger partial charge < -0.3 is 20.7 Å². The molecule has 0 aliphatic carbocycles. The van der Waals surface area contributed by atoms with Crippen molar-refractivity contribution in [2.24, 2.45) is 22.6 Å². The Bertz CT molecular complexity index is 792. The maximum atomic E-state index is 13.8. The van der Waals surface area contributed by atoms with Crippen molar-refractivity contribution in [3.8, 4) is 5.75 Å². The zero-order chi connectivity index (χ0) is 21.1. The van der Waals surface area contributed by atoms with E-state index in [1.807, 2.05) is 0 Å². The van der Waals surface area contributed by atoms with E-state index in [1.165, 1.54) is 31.2 Å². The molecule has 2 atom stereocenters. The van der Waals surface area contributed by atoms with Gasteiger partial charge in [0.25, 0.3) is 0 Å². The number of rotatable bonds is 6. The topological polar surface area (TPSA) is 80.0 Å². The lowest BCUT2D eigenvalue weighted by molar-refractivity contribution is -0.129. The Morgan fingerprint density at radius 2 is 2.14 bits per heavy atom. The summed E-state index contributed by atoms with van der Waals surface area (Å²) in [6, 6.07) is 4.29. The molecule has 10 heteroatoms. The first-order valence-electron chi connectivity index (χ1n) is 8.42. The van der Waals surface area contributed by atoms with Crippen LogP contribution in [0.4, 0.5) is 23.2 Å². The van der Waals surface area contributed by atoms with E-state index in [-0.39, 0.29) is 30.5 Å². The van der Waals surface area contributed by atoms with Crippen LogP contribution in [0.3, 0.4) is 0 Å². The standard InChI is InChI=1S/C18H22F4N4O2/c1-24-14(7-15(23)18(20,21)22)11-9-26(2)17(27)10(11)8-25-13-6-4-5-12(19)16(13)28-3/h4-7,10-11,25H,8-9,23H2,1-3H3/b15-7-,24-14?/t10-,11+/m1/s1. The maximum Gasteiger partial charge on any atom is 0.430 e. The van der Waals surface area contributed by atoms with Gasteiger partial charge in [-0.2, -0.15) is 13.2 Å². The second-order valence-corrected chi connectivity index (χ2v) is 6.38. The van der Waals surface area contributed by atoms with Crippen molar-refractivity contribution in [3.05, 3.63) is 35.8 Å². The molecule has 154 valence electrons. The molecule has 1 aromatic carbocycles. The average Bonchev–Trinajstić information content (AvgIpc) is 2.91. The third-order valence-corrected chi connectivity index (χ3v) is 4.60.